The molecule has 1 aliphatic rings. The van der Waals surface area contributed by atoms with Crippen LogP contribution in [-0.2, 0) is 20.7 Å². The fraction of sp³-hybridized carbons (Fsp3) is 0.529. The summed E-state index contributed by atoms with van der Waals surface area (Å²) in [5.41, 5.74) is 0.880. The van der Waals surface area contributed by atoms with E-state index in [2.05, 4.69) is 13.8 Å². The summed E-state index contributed by atoms with van der Waals surface area (Å²) in [5, 5.41) is 8.97. The maximum atomic E-state index is 12.3. The minimum absolute atomic E-state index is 0.0876. The molecule has 1 atom stereocenters. The van der Waals surface area contributed by atoms with Crippen molar-refractivity contribution in [1.82, 2.24) is 4.90 Å². The van der Waals surface area contributed by atoms with Crippen LogP contribution in [0.15, 0.2) is 24.3 Å². The van der Waals surface area contributed by atoms with Gasteiger partial charge < -0.3 is 19.5 Å². The second-order valence-electron chi connectivity index (χ2n) is 6.06. The molecule has 0 spiro atoms. The van der Waals surface area contributed by atoms with Gasteiger partial charge in [-0.25, -0.2) is 4.79 Å². The monoisotopic (exact) mass is 321 g/mol. The molecule has 2 rings (SSSR count). The highest BCUT2D eigenvalue weighted by molar-refractivity contribution is 5.80. The van der Waals surface area contributed by atoms with Crippen LogP contribution >= 0.6 is 0 Å². The molecule has 126 valence electrons. The van der Waals surface area contributed by atoms with Crippen LogP contribution in [-0.4, -0.2) is 54.3 Å². The molecule has 23 heavy (non-hydrogen) atoms. The van der Waals surface area contributed by atoms with Crippen molar-refractivity contribution in [1.29, 1.82) is 0 Å². The summed E-state index contributed by atoms with van der Waals surface area (Å²) in [5.74, 6) is 0.122. The van der Waals surface area contributed by atoms with Gasteiger partial charge in [-0.15, -0.1) is 0 Å². The lowest BCUT2D eigenvalue weighted by Gasteiger charge is -2.31. The van der Waals surface area contributed by atoms with Crippen LogP contribution in [0.4, 0.5) is 0 Å². The van der Waals surface area contributed by atoms with Gasteiger partial charge in [0.25, 0.3) is 0 Å². The number of carbonyl (C=O) groups is 2. The fourth-order valence-electron chi connectivity index (χ4n) is 2.28. The number of benzene rings is 1. The Morgan fingerprint density at radius 3 is 2.65 bits per heavy atom. The van der Waals surface area contributed by atoms with Crippen molar-refractivity contribution in [2.24, 2.45) is 5.92 Å². The molecule has 0 bridgehead atoms. The second kappa shape index (κ2) is 7.97. The SMILES string of the molecule is CC(C)COc1ccc(CC(=O)N2CCOC(C(=O)O)C2)cc1. The Morgan fingerprint density at radius 1 is 1.35 bits per heavy atom. The Morgan fingerprint density at radius 2 is 2.04 bits per heavy atom. The zero-order valence-electron chi connectivity index (χ0n) is 13.5. The van der Waals surface area contributed by atoms with E-state index in [1.807, 2.05) is 24.3 Å². The van der Waals surface area contributed by atoms with E-state index in [1.165, 1.54) is 0 Å². The minimum Gasteiger partial charge on any atom is -0.493 e. The number of ether oxygens (including phenoxy) is 2. The Labute approximate surface area is 136 Å². The van der Waals surface area contributed by atoms with Gasteiger partial charge in [0.05, 0.1) is 26.2 Å². The van der Waals surface area contributed by atoms with Crippen molar-refractivity contribution in [3.8, 4) is 5.75 Å². The first-order valence-electron chi connectivity index (χ1n) is 7.79. The van der Waals surface area contributed by atoms with Gasteiger partial charge in [0, 0.05) is 6.54 Å². The summed E-state index contributed by atoms with van der Waals surface area (Å²) in [6.45, 7) is 5.61. The van der Waals surface area contributed by atoms with Crippen LogP contribution < -0.4 is 4.74 Å². The van der Waals surface area contributed by atoms with Crippen LogP contribution in [0.5, 0.6) is 5.75 Å². The molecule has 1 aliphatic heterocycles. The van der Waals surface area contributed by atoms with Crippen LogP contribution in [0, 0.1) is 5.92 Å². The van der Waals surface area contributed by atoms with Crippen molar-refractivity contribution in [3.63, 3.8) is 0 Å². The largest absolute Gasteiger partial charge is 0.493 e. The van der Waals surface area contributed by atoms with Crippen molar-refractivity contribution >= 4 is 11.9 Å². The maximum absolute atomic E-state index is 12.3. The molecule has 6 heteroatoms. The molecule has 0 saturated carbocycles. The molecule has 1 amide bonds. The predicted octanol–water partition coefficient (Wildman–Crippen LogP) is 1.58. The standard InChI is InChI=1S/C17H23NO5/c1-12(2)11-23-14-5-3-13(4-6-14)9-16(19)18-7-8-22-15(10-18)17(20)21/h3-6,12,15H,7-11H2,1-2H3,(H,20,21). The number of rotatable bonds is 6. The lowest BCUT2D eigenvalue weighted by molar-refractivity contribution is -0.159. The molecule has 1 unspecified atom stereocenters. The molecule has 1 N–H and O–H groups in total. The van der Waals surface area contributed by atoms with E-state index in [1.54, 1.807) is 4.90 Å². The number of morpholine rings is 1. The number of amides is 1. The van der Waals surface area contributed by atoms with Gasteiger partial charge in [0.2, 0.25) is 5.91 Å². The van der Waals surface area contributed by atoms with E-state index < -0.39 is 12.1 Å². The number of carboxylic acid groups (broad SMARTS) is 1. The van der Waals surface area contributed by atoms with Crippen LogP contribution in [0.25, 0.3) is 0 Å². The molecular weight excluding hydrogens is 298 g/mol. The Balaban J connectivity index is 1.88. The third-order valence-electron chi connectivity index (χ3n) is 3.56. The van der Waals surface area contributed by atoms with E-state index in [-0.39, 0.29) is 25.5 Å². The van der Waals surface area contributed by atoms with Crippen LogP contribution in [0.3, 0.4) is 0 Å². The van der Waals surface area contributed by atoms with E-state index in [9.17, 15) is 9.59 Å². The predicted molar refractivity (Wildman–Crippen MR) is 84.4 cm³/mol. The van der Waals surface area contributed by atoms with Gasteiger partial charge in [-0.3, -0.25) is 4.79 Å². The summed E-state index contributed by atoms with van der Waals surface area (Å²) in [4.78, 5) is 24.8. The summed E-state index contributed by atoms with van der Waals surface area (Å²) < 4.78 is 10.7. The number of hydrogen-bond acceptors (Lipinski definition) is 4. The molecule has 1 saturated heterocycles. The lowest BCUT2D eigenvalue weighted by atomic mass is 10.1. The molecule has 1 aromatic rings. The molecule has 1 aromatic carbocycles. The van der Waals surface area contributed by atoms with Crippen molar-refractivity contribution in [3.05, 3.63) is 29.8 Å². The van der Waals surface area contributed by atoms with E-state index in [0.717, 1.165) is 11.3 Å². The topological polar surface area (TPSA) is 76.1 Å². The Bertz CT molecular complexity index is 540. The Kier molecular flexibility index (Phi) is 5.98. The molecular formula is C17H23NO5. The molecule has 6 nitrogen and oxygen atoms in total. The average Bonchev–Trinajstić information content (AvgIpc) is 2.54. The summed E-state index contributed by atoms with van der Waals surface area (Å²) in [6, 6.07) is 7.43. The first-order valence-corrected chi connectivity index (χ1v) is 7.79. The van der Waals surface area contributed by atoms with Crippen LogP contribution in [0.1, 0.15) is 19.4 Å². The highest BCUT2D eigenvalue weighted by Gasteiger charge is 2.28. The number of aliphatic carboxylic acids is 1. The highest BCUT2D eigenvalue weighted by Crippen LogP contribution is 2.15. The summed E-state index contributed by atoms with van der Waals surface area (Å²) in [6.07, 6.45) is -0.684. The van der Waals surface area contributed by atoms with Gasteiger partial charge in [0.15, 0.2) is 6.10 Å². The summed E-state index contributed by atoms with van der Waals surface area (Å²) in [7, 11) is 0. The zero-order valence-corrected chi connectivity index (χ0v) is 13.5. The van der Waals surface area contributed by atoms with Crippen molar-refractivity contribution in [2.45, 2.75) is 26.4 Å². The number of carbonyl (C=O) groups excluding carboxylic acids is 1. The summed E-state index contributed by atoms with van der Waals surface area (Å²) >= 11 is 0. The number of hydrogen-bond donors (Lipinski definition) is 1. The second-order valence-corrected chi connectivity index (χ2v) is 6.06. The third-order valence-corrected chi connectivity index (χ3v) is 3.56. The van der Waals surface area contributed by atoms with Gasteiger partial charge >= 0.3 is 5.97 Å². The minimum atomic E-state index is -1.03. The molecule has 0 aromatic heterocycles. The lowest BCUT2D eigenvalue weighted by Crippen LogP contribution is -2.49. The van der Waals surface area contributed by atoms with Gasteiger partial charge in [-0.2, -0.15) is 0 Å². The quantitative estimate of drug-likeness (QED) is 0.861. The third kappa shape index (κ3) is 5.25. The number of nitrogens with zero attached hydrogens (tertiary/aromatic N) is 1. The first-order chi connectivity index (χ1) is 11.0. The van der Waals surface area contributed by atoms with Crippen LogP contribution in [0.2, 0.25) is 0 Å². The van der Waals surface area contributed by atoms with E-state index >= 15 is 0 Å². The first kappa shape index (κ1) is 17.3. The molecule has 1 fully saturated rings. The molecule has 1 heterocycles. The molecule has 0 aliphatic carbocycles. The van der Waals surface area contributed by atoms with E-state index in [0.29, 0.717) is 19.1 Å². The van der Waals surface area contributed by atoms with Gasteiger partial charge in [-0.1, -0.05) is 26.0 Å². The van der Waals surface area contributed by atoms with Gasteiger partial charge in [0.1, 0.15) is 5.75 Å². The normalized spacial score (nSPS) is 18.0. The smallest absolute Gasteiger partial charge is 0.334 e. The van der Waals surface area contributed by atoms with Gasteiger partial charge in [-0.05, 0) is 23.6 Å². The number of carboxylic acids is 1. The van der Waals surface area contributed by atoms with Crippen molar-refractivity contribution < 1.29 is 24.2 Å². The zero-order chi connectivity index (χ0) is 16.8. The average molecular weight is 321 g/mol. The Hall–Kier alpha value is -2.08. The van der Waals surface area contributed by atoms with E-state index in [4.69, 9.17) is 14.6 Å². The fourth-order valence-corrected chi connectivity index (χ4v) is 2.28. The van der Waals surface area contributed by atoms with Crippen molar-refractivity contribution in [2.75, 3.05) is 26.3 Å². The maximum Gasteiger partial charge on any atom is 0.334 e. The highest BCUT2D eigenvalue weighted by atomic mass is 16.5. The molecule has 0 radical (unpaired) electrons.